The largest absolute Gasteiger partial charge is 0.493 e. The standard InChI is InChI=1S/C28H20FNO3S2/c1-32-24-14-13-18(15-25(24)33-17-20-8-3-5-11-22(20)29)16-26-27(31)30(28(34)35-26)23-12-6-9-19-7-2-4-10-21(19)23/h2-16H,17H2,1H3/b26-16+. The summed E-state index contributed by atoms with van der Waals surface area (Å²) in [6, 6.07) is 25.5. The fourth-order valence-electron chi connectivity index (χ4n) is 3.90. The van der Waals surface area contributed by atoms with Crippen molar-refractivity contribution in [1.82, 2.24) is 0 Å². The minimum Gasteiger partial charge on any atom is -0.493 e. The number of nitrogens with zero attached hydrogens (tertiary/aromatic N) is 1. The van der Waals surface area contributed by atoms with E-state index in [1.807, 2.05) is 48.5 Å². The predicted octanol–water partition coefficient (Wildman–Crippen LogP) is 6.97. The molecule has 0 aliphatic carbocycles. The number of fused-ring (bicyclic) bond motifs is 1. The highest BCUT2D eigenvalue weighted by atomic mass is 32.2. The molecule has 5 rings (SSSR count). The average molecular weight is 502 g/mol. The lowest BCUT2D eigenvalue weighted by Crippen LogP contribution is -2.27. The molecule has 0 bridgehead atoms. The van der Waals surface area contributed by atoms with Gasteiger partial charge in [-0.05, 0) is 41.3 Å². The highest BCUT2D eigenvalue weighted by Gasteiger charge is 2.34. The van der Waals surface area contributed by atoms with Crippen molar-refractivity contribution in [1.29, 1.82) is 0 Å². The zero-order valence-electron chi connectivity index (χ0n) is 18.7. The van der Waals surface area contributed by atoms with Crippen LogP contribution in [0.2, 0.25) is 0 Å². The first-order valence-corrected chi connectivity index (χ1v) is 12.1. The molecule has 7 heteroatoms. The molecule has 174 valence electrons. The number of ether oxygens (including phenoxy) is 2. The van der Waals surface area contributed by atoms with Crippen molar-refractivity contribution in [3.63, 3.8) is 0 Å². The number of benzene rings is 4. The lowest BCUT2D eigenvalue weighted by molar-refractivity contribution is -0.113. The van der Waals surface area contributed by atoms with E-state index < -0.39 is 0 Å². The second-order valence-corrected chi connectivity index (χ2v) is 9.48. The van der Waals surface area contributed by atoms with E-state index in [1.54, 1.807) is 48.4 Å². The zero-order valence-corrected chi connectivity index (χ0v) is 20.4. The van der Waals surface area contributed by atoms with Crippen LogP contribution in [0.1, 0.15) is 11.1 Å². The predicted molar refractivity (Wildman–Crippen MR) is 143 cm³/mol. The van der Waals surface area contributed by atoms with E-state index in [9.17, 15) is 9.18 Å². The average Bonchev–Trinajstić information content (AvgIpc) is 3.15. The van der Waals surface area contributed by atoms with E-state index in [4.69, 9.17) is 21.7 Å². The molecule has 0 unspecified atom stereocenters. The topological polar surface area (TPSA) is 38.8 Å². The molecule has 0 atom stereocenters. The van der Waals surface area contributed by atoms with Crippen LogP contribution in [-0.2, 0) is 11.4 Å². The first-order chi connectivity index (χ1) is 17.0. The van der Waals surface area contributed by atoms with Crippen molar-refractivity contribution in [2.75, 3.05) is 12.0 Å². The second-order valence-electron chi connectivity index (χ2n) is 7.81. The molecule has 1 aliphatic rings. The van der Waals surface area contributed by atoms with Crippen molar-refractivity contribution in [3.8, 4) is 11.5 Å². The first kappa shape index (κ1) is 23.1. The van der Waals surface area contributed by atoms with Crippen molar-refractivity contribution in [2.24, 2.45) is 0 Å². The van der Waals surface area contributed by atoms with Crippen molar-refractivity contribution in [2.45, 2.75) is 6.61 Å². The molecule has 1 heterocycles. The van der Waals surface area contributed by atoms with Crippen LogP contribution >= 0.6 is 24.0 Å². The molecule has 0 spiro atoms. The Balaban J connectivity index is 1.43. The second kappa shape index (κ2) is 9.90. The Morgan fingerprint density at radius 3 is 2.57 bits per heavy atom. The maximum atomic E-state index is 14.0. The van der Waals surface area contributed by atoms with E-state index in [2.05, 4.69) is 0 Å². The molecule has 4 aromatic carbocycles. The van der Waals surface area contributed by atoms with Crippen molar-refractivity contribution >= 4 is 56.7 Å². The Bertz CT molecular complexity index is 1480. The van der Waals surface area contributed by atoms with Gasteiger partial charge in [0, 0.05) is 10.9 Å². The number of hydrogen-bond donors (Lipinski definition) is 0. The summed E-state index contributed by atoms with van der Waals surface area (Å²) in [7, 11) is 1.54. The van der Waals surface area contributed by atoms with E-state index >= 15 is 0 Å². The number of halogens is 1. The number of methoxy groups -OCH3 is 1. The SMILES string of the molecule is COc1ccc(/C=C2/SC(=S)N(c3cccc4ccccc34)C2=O)cc1OCc1ccccc1F. The van der Waals surface area contributed by atoms with Gasteiger partial charge < -0.3 is 9.47 Å². The molecule has 1 saturated heterocycles. The van der Waals surface area contributed by atoms with E-state index in [1.165, 1.54) is 17.8 Å². The molecule has 4 aromatic rings. The van der Waals surface area contributed by atoms with Gasteiger partial charge in [0.1, 0.15) is 12.4 Å². The van der Waals surface area contributed by atoms with Crippen LogP contribution in [0.3, 0.4) is 0 Å². The third-order valence-corrected chi connectivity index (χ3v) is 6.93. The molecule has 35 heavy (non-hydrogen) atoms. The van der Waals surface area contributed by atoms with Gasteiger partial charge in [-0.25, -0.2) is 4.39 Å². The quantitative estimate of drug-likeness (QED) is 0.211. The van der Waals surface area contributed by atoms with Crippen LogP contribution < -0.4 is 14.4 Å². The third kappa shape index (κ3) is 4.65. The number of carbonyl (C=O) groups excluding carboxylic acids is 1. The van der Waals surface area contributed by atoms with Crippen LogP contribution in [0.15, 0.2) is 89.8 Å². The molecule has 0 saturated carbocycles. The van der Waals surface area contributed by atoms with Crippen LogP contribution in [0.5, 0.6) is 11.5 Å². The number of anilines is 1. The molecule has 1 fully saturated rings. The lowest BCUT2D eigenvalue weighted by Gasteiger charge is -2.17. The number of rotatable bonds is 6. The van der Waals surface area contributed by atoms with Gasteiger partial charge in [-0.3, -0.25) is 9.69 Å². The van der Waals surface area contributed by atoms with Gasteiger partial charge in [0.05, 0.1) is 17.7 Å². The normalized spacial score (nSPS) is 14.7. The Labute approximate surface area is 212 Å². The van der Waals surface area contributed by atoms with Gasteiger partial charge in [0.2, 0.25) is 0 Å². The summed E-state index contributed by atoms with van der Waals surface area (Å²) in [6.45, 7) is 0.0513. The maximum Gasteiger partial charge on any atom is 0.270 e. The lowest BCUT2D eigenvalue weighted by atomic mass is 10.1. The summed E-state index contributed by atoms with van der Waals surface area (Å²) in [5.74, 6) is 0.455. The fourth-order valence-corrected chi connectivity index (χ4v) is 5.18. The molecule has 1 aliphatic heterocycles. The van der Waals surface area contributed by atoms with Gasteiger partial charge in [-0.1, -0.05) is 84.6 Å². The highest BCUT2D eigenvalue weighted by molar-refractivity contribution is 8.27. The van der Waals surface area contributed by atoms with Crippen molar-refractivity contribution < 1.29 is 18.7 Å². The highest BCUT2D eigenvalue weighted by Crippen LogP contribution is 2.39. The Morgan fingerprint density at radius 2 is 1.74 bits per heavy atom. The molecule has 0 radical (unpaired) electrons. The fraction of sp³-hybridized carbons (Fsp3) is 0.0714. The van der Waals surface area contributed by atoms with E-state index in [0.29, 0.717) is 26.3 Å². The number of thiocarbonyl (C=S) groups is 1. The number of hydrogen-bond acceptors (Lipinski definition) is 5. The third-order valence-electron chi connectivity index (χ3n) is 5.63. The zero-order chi connectivity index (χ0) is 24.4. The molecular formula is C28H20FNO3S2. The van der Waals surface area contributed by atoms with Gasteiger partial charge >= 0.3 is 0 Å². The summed E-state index contributed by atoms with van der Waals surface area (Å²) < 4.78 is 25.7. The molecule has 0 aromatic heterocycles. The van der Waals surface area contributed by atoms with Crippen LogP contribution in [0.25, 0.3) is 16.8 Å². The number of thioether (sulfide) groups is 1. The first-order valence-electron chi connectivity index (χ1n) is 10.8. The van der Waals surface area contributed by atoms with Crippen LogP contribution in [-0.4, -0.2) is 17.3 Å². The Hall–Kier alpha value is -3.68. The molecule has 1 amide bonds. The van der Waals surface area contributed by atoms with Crippen LogP contribution in [0, 0.1) is 5.82 Å². The van der Waals surface area contributed by atoms with Gasteiger partial charge in [-0.2, -0.15) is 0 Å². The van der Waals surface area contributed by atoms with Gasteiger partial charge in [-0.15, -0.1) is 0 Å². The van der Waals surface area contributed by atoms with Crippen LogP contribution in [0.4, 0.5) is 10.1 Å². The molecule has 0 N–H and O–H groups in total. The summed E-state index contributed by atoms with van der Waals surface area (Å²) in [5, 5.41) is 2.00. The number of carbonyl (C=O) groups is 1. The van der Waals surface area contributed by atoms with E-state index in [-0.39, 0.29) is 18.3 Å². The minimum atomic E-state index is -0.334. The summed E-state index contributed by atoms with van der Waals surface area (Å²) >= 11 is 6.83. The summed E-state index contributed by atoms with van der Waals surface area (Å²) in [4.78, 5) is 15.5. The summed E-state index contributed by atoms with van der Waals surface area (Å²) in [5.41, 5.74) is 1.95. The van der Waals surface area contributed by atoms with Gasteiger partial charge in [0.25, 0.3) is 5.91 Å². The Morgan fingerprint density at radius 1 is 0.971 bits per heavy atom. The molecular weight excluding hydrogens is 481 g/mol. The number of amides is 1. The monoisotopic (exact) mass is 501 g/mol. The van der Waals surface area contributed by atoms with Gasteiger partial charge in [0.15, 0.2) is 15.8 Å². The Kier molecular flexibility index (Phi) is 6.53. The maximum absolute atomic E-state index is 14.0. The molecule has 4 nitrogen and oxygen atoms in total. The summed E-state index contributed by atoms with van der Waals surface area (Å²) in [6.07, 6.45) is 1.78. The van der Waals surface area contributed by atoms with E-state index in [0.717, 1.165) is 22.0 Å². The minimum absolute atomic E-state index is 0.0513. The van der Waals surface area contributed by atoms with Crippen molar-refractivity contribution in [3.05, 3.63) is 107 Å². The smallest absolute Gasteiger partial charge is 0.270 e.